The SMILES string of the molecule is OC[C@H]1OC(Oc2cc3c(O)cc(O)cc3[o+]c2-c2ccc(O)c(O)c2)[C@H](O)[C@@H](O)[C@@H]1O.OC[C@H]1OC(Oc2cc3c(O)cc(O)cc3[o+]c2-c2ccc(O)c(O)c2)[C@H](O)[C@H]1O. The molecule has 0 bridgehead atoms. The molecular weight excluding hydrogens is 828 g/mol. The molecule has 4 heterocycles. The van der Waals surface area contributed by atoms with Crippen LogP contribution in [0.15, 0.2) is 81.6 Å². The first-order valence-electron chi connectivity index (χ1n) is 18.4. The Morgan fingerprint density at radius 3 is 1.21 bits per heavy atom. The van der Waals surface area contributed by atoms with E-state index >= 15 is 0 Å². The van der Waals surface area contributed by atoms with E-state index < -0.39 is 80.0 Å². The summed E-state index contributed by atoms with van der Waals surface area (Å²) in [5, 5.41) is 148. The third-order valence-electron chi connectivity index (χ3n) is 9.94. The van der Waals surface area contributed by atoms with Gasteiger partial charge in [0.2, 0.25) is 24.1 Å². The van der Waals surface area contributed by atoms with E-state index in [0.717, 1.165) is 12.1 Å². The highest BCUT2D eigenvalue weighted by Gasteiger charge is 2.47. The summed E-state index contributed by atoms with van der Waals surface area (Å²) in [7, 11) is 0. The maximum Gasteiger partial charge on any atom is 0.402 e. The summed E-state index contributed by atoms with van der Waals surface area (Å²) in [5.74, 6) is -3.01. The van der Waals surface area contributed by atoms with Crippen molar-refractivity contribution < 1.29 is 104 Å². The van der Waals surface area contributed by atoms with Crippen LogP contribution >= 0.6 is 0 Å². The van der Waals surface area contributed by atoms with Crippen molar-refractivity contribution in [3.05, 3.63) is 72.8 Å². The highest BCUT2D eigenvalue weighted by molar-refractivity contribution is 5.89. The van der Waals surface area contributed by atoms with Gasteiger partial charge in [0.25, 0.3) is 0 Å². The zero-order valence-corrected chi connectivity index (χ0v) is 31.7. The number of aliphatic hydroxyl groups is 7. The molecule has 4 aromatic carbocycles. The number of aliphatic hydroxyl groups excluding tert-OH is 7. The largest absolute Gasteiger partial charge is 0.507 e. The number of benzene rings is 4. The molecule has 0 radical (unpaired) electrons. The number of phenolic OH excluding ortho intramolecular Hbond substituents is 8. The summed E-state index contributed by atoms with van der Waals surface area (Å²) in [6.07, 6.45) is -13.0. The van der Waals surface area contributed by atoms with E-state index in [9.17, 15) is 76.6 Å². The standard InChI is InChI=1S/C21H20O11.C20H18O10/c22-7-16-17(27)18(28)19(29)21(32-16)31-15-6-10-12(25)4-9(23)5-14(10)30-20(15)8-1-2-11(24)13(26)3-8;21-7-16-17(26)18(27)20(30-16)29-15-6-10-12(24)4-9(22)5-14(10)28-19(15)8-1-2-11(23)13(25)3-8/h1-6,16-19,21-22,27-29H,7H2,(H3-,23,24,25,26);1-6,16-18,20-21,26-27H,7H2,(H3-,22,23,24,25)/p+2/t16-,17-,18+,19-,21?;16-,17+,18-,20?/m11/s1. The minimum absolute atomic E-state index is 0.0144. The molecule has 0 spiro atoms. The second kappa shape index (κ2) is 17.4. The van der Waals surface area contributed by atoms with Crippen molar-refractivity contribution in [2.24, 2.45) is 0 Å². The fraction of sp³-hybridized carbons (Fsp3) is 0.268. The maximum absolute atomic E-state index is 10.3. The Morgan fingerprint density at radius 1 is 0.435 bits per heavy atom. The Labute approximate surface area is 347 Å². The number of ether oxygens (including phenoxy) is 4. The van der Waals surface area contributed by atoms with Crippen molar-refractivity contribution in [3.63, 3.8) is 0 Å². The lowest BCUT2D eigenvalue weighted by atomic mass is 9.99. The van der Waals surface area contributed by atoms with Crippen LogP contribution in [0, 0.1) is 0 Å². The van der Waals surface area contributed by atoms with Crippen LogP contribution in [-0.2, 0) is 9.47 Å². The van der Waals surface area contributed by atoms with Gasteiger partial charge >= 0.3 is 22.7 Å². The smallest absolute Gasteiger partial charge is 0.402 e. The van der Waals surface area contributed by atoms with Gasteiger partial charge in [0.15, 0.2) is 23.0 Å². The molecule has 21 nitrogen and oxygen atoms in total. The molecule has 0 amide bonds. The van der Waals surface area contributed by atoms with Crippen molar-refractivity contribution in [1.82, 2.24) is 0 Å². The fourth-order valence-electron chi connectivity index (χ4n) is 6.65. The number of phenols is 8. The lowest BCUT2D eigenvalue weighted by Crippen LogP contribution is -2.60. The molecule has 62 heavy (non-hydrogen) atoms. The first-order valence-corrected chi connectivity index (χ1v) is 18.4. The first-order chi connectivity index (χ1) is 29.5. The van der Waals surface area contributed by atoms with Crippen molar-refractivity contribution in [2.45, 2.75) is 55.3 Å². The number of fused-ring (bicyclic) bond motifs is 2. The predicted octanol–water partition coefficient (Wildman–Crippen LogP) is 1.40. The minimum Gasteiger partial charge on any atom is -0.507 e. The van der Waals surface area contributed by atoms with Crippen LogP contribution in [-0.4, -0.2) is 145 Å². The van der Waals surface area contributed by atoms with Gasteiger partial charge in [-0.25, -0.2) is 8.83 Å². The highest BCUT2D eigenvalue weighted by atomic mass is 16.7. The summed E-state index contributed by atoms with van der Waals surface area (Å²) < 4.78 is 33.6. The third-order valence-corrected chi connectivity index (χ3v) is 9.94. The number of aromatic hydroxyl groups is 8. The number of rotatable bonds is 8. The Bertz CT molecular complexity index is 2600. The van der Waals surface area contributed by atoms with Crippen LogP contribution in [0.25, 0.3) is 44.6 Å². The Hall–Kier alpha value is -6.66. The summed E-state index contributed by atoms with van der Waals surface area (Å²) in [4.78, 5) is 0. The Balaban J connectivity index is 0.000000187. The Morgan fingerprint density at radius 2 is 0.823 bits per heavy atom. The van der Waals surface area contributed by atoms with E-state index in [1.54, 1.807) is 0 Å². The van der Waals surface area contributed by atoms with E-state index in [1.807, 2.05) is 0 Å². The summed E-state index contributed by atoms with van der Waals surface area (Å²) >= 11 is 0. The summed E-state index contributed by atoms with van der Waals surface area (Å²) in [6, 6.07) is 14.9. The molecule has 2 aliphatic heterocycles. The van der Waals surface area contributed by atoms with Gasteiger partial charge < -0.3 is 95.5 Å². The number of hydrogen-bond donors (Lipinski definition) is 15. The molecule has 6 aromatic rings. The second-order valence-electron chi connectivity index (χ2n) is 14.2. The molecular formula is C41H40O21+2. The molecule has 328 valence electrons. The van der Waals surface area contributed by atoms with Crippen molar-refractivity contribution in [1.29, 1.82) is 0 Å². The van der Waals surface area contributed by atoms with Crippen LogP contribution in [0.1, 0.15) is 0 Å². The molecule has 2 aromatic heterocycles. The average molecular weight is 869 g/mol. The molecule has 8 rings (SSSR count). The zero-order chi connectivity index (χ0) is 44.7. The van der Waals surface area contributed by atoms with Crippen LogP contribution in [0.4, 0.5) is 0 Å². The van der Waals surface area contributed by atoms with Gasteiger partial charge in [0, 0.05) is 36.4 Å². The van der Waals surface area contributed by atoms with Crippen molar-refractivity contribution in [3.8, 4) is 80.1 Å². The summed E-state index contributed by atoms with van der Waals surface area (Å²) in [6.45, 7) is -1.20. The van der Waals surface area contributed by atoms with Gasteiger partial charge in [0.05, 0.1) is 36.5 Å². The van der Waals surface area contributed by atoms with Crippen molar-refractivity contribution >= 4 is 21.9 Å². The second-order valence-corrected chi connectivity index (χ2v) is 14.2. The molecule has 15 N–H and O–H groups in total. The van der Waals surface area contributed by atoms with Crippen molar-refractivity contribution in [2.75, 3.05) is 13.2 Å². The predicted molar refractivity (Wildman–Crippen MR) is 208 cm³/mol. The van der Waals surface area contributed by atoms with E-state index in [-0.39, 0.29) is 90.6 Å². The zero-order valence-electron chi connectivity index (χ0n) is 31.7. The van der Waals surface area contributed by atoms with Crippen LogP contribution in [0.5, 0.6) is 57.5 Å². The average Bonchev–Trinajstić information content (AvgIpc) is 3.51. The van der Waals surface area contributed by atoms with E-state index in [0.29, 0.717) is 0 Å². The molecule has 2 saturated heterocycles. The topological polar surface area (TPSA) is 363 Å². The normalized spacial score (nSPS) is 24.7. The number of hydrogen-bond acceptors (Lipinski definition) is 19. The lowest BCUT2D eigenvalue weighted by molar-refractivity contribution is -0.277. The lowest BCUT2D eigenvalue weighted by Gasteiger charge is -2.39. The van der Waals surface area contributed by atoms with E-state index in [4.69, 9.17) is 27.8 Å². The van der Waals surface area contributed by atoms with Gasteiger partial charge in [0.1, 0.15) is 76.5 Å². The molecule has 2 aliphatic rings. The monoisotopic (exact) mass is 868 g/mol. The third kappa shape index (κ3) is 8.47. The molecule has 0 saturated carbocycles. The molecule has 2 unspecified atom stereocenters. The van der Waals surface area contributed by atoms with Gasteiger partial charge in [-0.15, -0.1) is 0 Å². The van der Waals surface area contributed by atoms with Crippen LogP contribution in [0.2, 0.25) is 0 Å². The highest BCUT2D eigenvalue weighted by Crippen LogP contribution is 2.44. The van der Waals surface area contributed by atoms with Gasteiger partial charge in [-0.1, -0.05) is 0 Å². The first kappa shape index (κ1) is 43.4. The summed E-state index contributed by atoms with van der Waals surface area (Å²) in [5.41, 5.74) is 0.608. The molecule has 21 heteroatoms. The van der Waals surface area contributed by atoms with Crippen LogP contribution in [0.3, 0.4) is 0 Å². The fourth-order valence-corrected chi connectivity index (χ4v) is 6.65. The van der Waals surface area contributed by atoms with E-state index in [2.05, 4.69) is 0 Å². The molecule has 9 atom stereocenters. The molecule has 2 fully saturated rings. The van der Waals surface area contributed by atoms with E-state index in [1.165, 1.54) is 60.7 Å². The van der Waals surface area contributed by atoms with Crippen LogP contribution < -0.4 is 9.47 Å². The Kier molecular flexibility index (Phi) is 12.2. The molecule has 0 aliphatic carbocycles. The maximum atomic E-state index is 10.3. The van der Waals surface area contributed by atoms with Gasteiger partial charge in [-0.2, -0.15) is 0 Å². The van der Waals surface area contributed by atoms with Gasteiger partial charge in [-0.3, -0.25) is 0 Å². The quantitative estimate of drug-likeness (QED) is 0.0759. The minimum atomic E-state index is -1.71. The van der Waals surface area contributed by atoms with Gasteiger partial charge in [-0.05, 0) is 24.3 Å².